The molecule has 2 aromatic carbocycles. The number of hydrogen-bond acceptors (Lipinski definition) is 4. The van der Waals surface area contributed by atoms with E-state index in [-0.39, 0.29) is 23.7 Å². The third-order valence-corrected chi connectivity index (χ3v) is 4.38. The molecule has 3 rings (SSSR count). The molecule has 0 saturated heterocycles. The largest absolute Gasteiger partial charge is 0.497 e. The van der Waals surface area contributed by atoms with E-state index in [4.69, 9.17) is 16.3 Å². The number of nitrogens with zero attached hydrogens (tertiary/aromatic N) is 2. The number of nitrogens with one attached hydrogen (secondary N) is 1. The van der Waals surface area contributed by atoms with Crippen LogP contribution in [0.4, 0.5) is 5.69 Å². The highest BCUT2D eigenvalue weighted by molar-refractivity contribution is 6.30. The third kappa shape index (κ3) is 5.33. The number of hydrogen-bond donors (Lipinski definition) is 1. The van der Waals surface area contributed by atoms with Gasteiger partial charge < -0.3 is 10.1 Å². The van der Waals surface area contributed by atoms with E-state index in [1.807, 2.05) is 48.6 Å². The second-order valence-corrected chi connectivity index (χ2v) is 6.73. The van der Waals surface area contributed by atoms with Crippen molar-refractivity contribution in [3.05, 3.63) is 81.6 Å². The number of benzene rings is 2. The molecule has 0 unspecified atom stereocenters. The van der Waals surface area contributed by atoms with Gasteiger partial charge in [-0.1, -0.05) is 35.9 Å². The Hall–Kier alpha value is -3.38. The Morgan fingerprint density at radius 2 is 1.86 bits per heavy atom. The van der Waals surface area contributed by atoms with Crippen LogP contribution in [0.3, 0.4) is 0 Å². The number of rotatable bonds is 6. The van der Waals surface area contributed by atoms with E-state index in [0.29, 0.717) is 10.7 Å². The summed E-state index contributed by atoms with van der Waals surface area (Å²) in [4.78, 5) is 24.2. The minimum absolute atomic E-state index is 0.179. The molecule has 29 heavy (non-hydrogen) atoms. The molecule has 0 fully saturated rings. The average Bonchev–Trinajstić information content (AvgIpc) is 2.72. The Labute approximate surface area is 173 Å². The van der Waals surface area contributed by atoms with Crippen LogP contribution in [0, 0.1) is 0 Å². The second kappa shape index (κ2) is 9.21. The van der Waals surface area contributed by atoms with Crippen molar-refractivity contribution in [1.82, 2.24) is 9.78 Å². The van der Waals surface area contributed by atoms with Gasteiger partial charge in [0.05, 0.1) is 19.3 Å². The van der Waals surface area contributed by atoms with E-state index < -0.39 is 0 Å². The van der Waals surface area contributed by atoms with Crippen LogP contribution < -0.4 is 15.6 Å². The van der Waals surface area contributed by atoms with Gasteiger partial charge in [-0.25, -0.2) is 4.68 Å². The molecule has 0 saturated carbocycles. The first-order chi connectivity index (χ1) is 14.0. The quantitative estimate of drug-likeness (QED) is 0.660. The van der Waals surface area contributed by atoms with E-state index >= 15 is 0 Å². The van der Waals surface area contributed by atoms with Gasteiger partial charge in [-0.3, -0.25) is 9.59 Å². The molecule has 0 aliphatic heterocycles. The summed E-state index contributed by atoms with van der Waals surface area (Å²) >= 11 is 5.89. The lowest BCUT2D eigenvalue weighted by atomic mass is 10.1. The lowest BCUT2D eigenvalue weighted by molar-refractivity contribution is -0.114. The standard InChI is InChI=1S/C22H20ClN3O3/c1-15(27)24-21-14-20(17-7-11-19(29-2)12-8-17)25-26(22(21)28)13-3-4-16-5-9-18(23)10-6-16/h3-12,14H,13H2,1-2H3,(H,24,27). The third-order valence-electron chi connectivity index (χ3n) is 4.13. The zero-order valence-corrected chi connectivity index (χ0v) is 16.8. The maximum atomic E-state index is 12.7. The fourth-order valence-corrected chi connectivity index (χ4v) is 2.84. The van der Waals surface area contributed by atoms with Gasteiger partial charge in [0.2, 0.25) is 5.91 Å². The summed E-state index contributed by atoms with van der Waals surface area (Å²) < 4.78 is 6.49. The predicted molar refractivity (Wildman–Crippen MR) is 115 cm³/mol. The van der Waals surface area contributed by atoms with Crippen LogP contribution in [0.1, 0.15) is 12.5 Å². The Morgan fingerprint density at radius 3 is 2.48 bits per heavy atom. The zero-order valence-electron chi connectivity index (χ0n) is 16.1. The first kappa shape index (κ1) is 20.4. The highest BCUT2D eigenvalue weighted by Gasteiger charge is 2.11. The molecule has 148 valence electrons. The van der Waals surface area contributed by atoms with Gasteiger partial charge in [-0.05, 0) is 48.0 Å². The van der Waals surface area contributed by atoms with Crippen molar-refractivity contribution in [2.45, 2.75) is 13.5 Å². The Kier molecular flexibility index (Phi) is 6.46. The molecule has 0 atom stereocenters. The summed E-state index contributed by atoms with van der Waals surface area (Å²) in [5.41, 5.74) is 2.12. The number of methoxy groups -OCH3 is 1. The molecule has 3 aromatic rings. The van der Waals surface area contributed by atoms with Gasteiger partial charge >= 0.3 is 0 Å². The van der Waals surface area contributed by atoms with E-state index in [2.05, 4.69) is 10.4 Å². The number of halogens is 1. The van der Waals surface area contributed by atoms with Crippen molar-refractivity contribution < 1.29 is 9.53 Å². The summed E-state index contributed by atoms with van der Waals surface area (Å²) in [5.74, 6) is 0.396. The molecule has 1 heterocycles. The van der Waals surface area contributed by atoms with Crippen LogP contribution in [0.2, 0.25) is 5.02 Å². The maximum Gasteiger partial charge on any atom is 0.290 e. The van der Waals surface area contributed by atoms with Gasteiger partial charge in [-0.15, -0.1) is 0 Å². The molecule has 6 nitrogen and oxygen atoms in total. The van der Waals surface area contributed by atoms with Crippen molar-refractivity contribution in [3.63, 3.8) is 0 Å². The second-order valence-electron chi connectivity index (χ2n) is 6.29. The number of carbonyl (C=O) groups excluding carboxylic acids is 1. The number of aromatic nitrogens is 2. The lowest BCUT2D eigenvalue weighted by Crippen LogP contribution is -2.27. The molecular formula is C22H20ClN3O3. The van der Waals surface area contributed by atoms with Crippen LogP contribution >= 0.6 is 11.6 Å². The van der Waals surface area contributed by atoms with Crippen LogP contribution in [0.5, 0.6) is 5.75 Å². The molecule has 0 bridgehead atoms. The summed E-state index contributed by atoms with van der Waals surface area (Å²) in [6.45, 7) is 1.61. The lowest BCUT2D eigenvalue weighted by Gasteiger charge is -2.10. The first-order valence-corrected chi connectivity index (χ1v) is 9.30. The molecule has 0 spiro atoms. The minimum Gasteiger partial charge on any atom is -0.497 e. The van der Waals surface area contributed by atoms with Crippen LogP contribution in [-0.4, -0.2) is 22.8 Å². The SMILES string of the molecule is COc1ccc(-c2cc(NC(C)=O)c(=O)n(CC=Cc3ccc(Cl)cc3)n2)cc1. The molecule has 1 amide bonds. The van der Waals surface area contributed by atoms with E-state index in [1.165, 1.54) is 11.6 Å². The normalized spacial score (nSPS) is 10.9. The van der Waals surface area contributed by atoms with E-state index in [0.717, 1.165) is 16.9 Å². The highest BCUT2D eigenvalue weighted by Crippen LogP contribution is 2.21. The molecule has 7 heteroatoms. The number of allylic oxidation sites excluding steroid dienone is 1. The van der Waals surface area contributed by atoms with Gasteiger partial charge in [0.15, 0.2) is 0 Å². The molecule has 0 aliphatic rings. The van der Waals surface area contributed by atoms with Crippen molar-refractivity contribution in [3.8, 4) is 17.0 Å². The number of amides is 1. The number of ether oxygens (including phenoxy) is 1. The number of anilines is 1. The van der Waals surface area contributed by atoms with Crippen LogP contribution in [-0.2, 0) is 11.3 Å². The molecule has 0 aliphatic carbocycles. The monoisotopic (exact) mass is 409 g/mol. The zero-order chi connectivity index (χ0) is 20.8. The van der Waals surface area contributed by atoms with Crippen LogP contribution in [0.25, 0.3) is 17.3 Å². The Balaban J connectivity index is 1.94. The molecule has 1 N–H and O–H groups in total. The van der Waals surface area contributed by atoms with Gasteiger partial charge in [0.25, 0.3) is 5.56 Å². The van der Waals surface area contributed by atoms with Gasteiger partial charge in [0.1, 0.15) is 11.4 Å². The summed E-state index contributed by atoms with van der Waals surface area (Å²) in [6, 6.07) is 16.2. The minimum atomic E-state index is -0.377. The molecule has 1 aromatic heterocycles. The maximum absolute atomic E-state index is 12.7. The van der Waals surface area contributed by atoms with Gasteiger partial charge in [-0.2, -0.15) is 5.10 Å². The smallest absolute Gasteiger partial charge is 0.290 e. The van der Waals surface area contributed by atoms with Crippen molar-refractivity contribution in [1.29, 1.82) is 0 Å². The van der Waals surface area contributed by atoms with E-state index in [9.17, 15) is 9.59 Å². The fraction of sp³-hybridized carbons (Fsp3) is 0.136. The Morgan fingerprint density at radius 1 is 1.17 bits per heavy atom. The van der Waals surface area contributed by atoms with E-state index in [1.54, 1.807) is 25.3 Å². The fourth-order valence-electron chi connectivity index (χ4n) is 2.71. The summed E-state index contributed by atoms with van der Waals surface area (Å²) in [5, 5.41) is 7.70. The van der Waals surface area contributed by atoms with Crippen molar-refractivity contribution >= 4 is 29.3 Å². The van der Waals surface area contributed by atoms with Crippen molar-refractivity contribution in [2.24, 2.45) is 0 Å². The average molecular weight is 410 g/mol. The summed E-state index contributed by atoms with van der Waals surface area (Å²) in [7, 11) is 1.59. The van der Waals surface area contributed by atoms with Crippen LogP contribution in [0.15, 0.2) is 65.5 Å². The van der Waals surface area contributed by atoms with Crippen molar-refractivity contribution in [2.75, 3.05) is 12.4 Å². The summed E-state index contributed by atoms with van der Waals surface area (Å²) in [6.07, 6.45) is 3.70. The molecule has 0 radical (unpaired) electrons. The predicted octanol–water partition coefficient (Wildman–Crippen LogP) is 4.24. The number of carbonyl (C=O) groups is 1. The highest BCUT2D eigenvalue weighted by atomic mass is 35.5. The topological polar surface area (TPSA) is 73.2 Å². The van der Waals surface area contributed by atoms with Gasteiger partial charge in [0, 0.05) is 17.5 Å². The molecular weight excluding hydrogens is 390 g/mol. The Bertz CT molecular complexity index is 1090. The first-order valence-electron chi connectivity index (χ1n) is 8.92.